The number of amides is 1. The third kappa shape index (κ3) is 6.80. The number of aromatic nitrogens is 4. The molecule has 1 N–H and O–H groups in total. The SMILES string of the molecule is Cc1ccnc(-c2ccnc(-n3cc([S@](C)=O)c4ccc(C(=O)N5CCCC5)cc43)n2)c1.O=C(OO)c1cccc(Cl)c1. The number of benzene rings is 2. The van der Waals surface area contributed by atoms with Gasteiger partial charge in [0.1, 0.15) is 0 Å². The van der Waals surface area contributed by atoms with Crippen LogP contribution in [0.5, 0.6) is 0 Å². The molecule has 12 heteroatoms. The van der Waals surface area contributed by atoms with Crippen molar-refractivity contribution in [3.05, 3.63) is 101 Å². The van der Waals surface area contributed by atoms with Gasteiger partial charge in [-0.1, -0.05) is 23.7 Å². The van der Waals surface area contributed by atoms with Crippen molar-refractivity contribution in [1.82, 2.24) is 24.4 Å². The van der Waals surface area contributed by atoms with E-state index in [2.05, 4.69) is 14.9 Å². The quantitative estimate of drug-likeness (QED) is 0.196. The van der Waals surface area contributed by atoms with Crippen molar-refractivity contribution < 1.29 is 23.9 Å². The van der Waals surface area contributed by atoms with Crippen molar-refractivity contribution in [1.29, 1.82) is 0 Å². The zero-order valence-corrected chi connectivity index (χ0v) is 25.0. The Labute approximate surface area is 255 Å². The second-order valence-electron chi connectivity index (χ2n) is 9.90. The van der Waals surface area contributed by atoms with Crippen molar-refractivity contribution in [3.8, 4) is 17.3 Å². The molecule has 6 rings (SSSR count). The number of carbonyl (C=O) groups is 2. The lowest BCUT2D eigenvalue weighted by molar-refractivity contribution is -0.182. The first-order valence-corrected chi connectivity index (χ1v) is 15.3. The Morgan fingerprint density at radius 1 is 0.953 bits per heavy atom. The molecule has 220 valence electrons. The maximum Gasteiger partial charge on any atom is 0.372 e. The molecule has 0 unspecified atom stereocenters. The highest BCUT2D eigenvalue weighted by molar-refractivity contribution is 7.84. The number of hydrogen-bond acceptors (Lipinski definition) is 8. The van der Waals surface area contributed by atoms with Gasteiger partial charge in [0.05, 0.1) is 38.2 Å². The van der Waals surface area contributed by atoms with E-state index in [0.29, 0.717) is 27.1 Å². The van der Waals surface area contributed by atoms with Gasteiger partial charge in [0.2, 0.25) is 5.95 Å². The Morgan fingerprint density at radius 3 is 2.42 bits per heavy atom. The fourth-order valence-corrected chi connectivity index (χ4v) is 5.70. The van der Waals surface area contributed by atoms with Crippen LogP contribution in [0, 0.1) is 6.92 Å². The molecule has 1 saturated heterocycles. The van der Waals surface area contributed by atoms with Gasteiger partial charge in [-0.25, -0.2) is 14.8 Å². The molecule has 0 saturated carbocycles. The monoisotopic (exact) mass is 617 g/mol. The Kier molecular flexibility index (Phi) is 9.24. The van der Waals surface area contributed by atoms with Gasteiger partial charge in [0.25, 0.3) is 5.91 Å². The minimum Gasteiger partial charge on any atom is -0.339 e. The van der Waals surface area contributed by atoms with Crippen LogP contribution < -0.4 is 0 Å². The number of halogens is 1. The molecule has 0 aliphatic carbocycles. The highest BCUT2D eigenvalue weighted by Gasteiger charge is 2.22. The van der Waals surface area contributed by atoms with Crippen molar-refractivity contribution in [3.63, 3.8) is 0 Å². The van der Waals surface area contributed by atoms with Crippen LogP contribution >= 0.6 is 11.6 Å². The predicted molar refractivity (Wildman–Crippen MR) is 164 cm³/mol. The number of aryl methyl sites for hydroxylation is 1. The molecule has 1 amide bonds. The van der Waals surface area contributed by atoms with Gasteiger partial charge in [0.15, 0.2) is 0 Å². The molecule has 0 bridgehead atoms. The van der Waals surface area contributed by atoms with Crippen LogP contribution in [0.4, 0.5) is 0 Å². The fraction of sp³-hybridized carbons (Fsp3) is 0.194. The third-order valence-electron chi connectivity index (χ3n) is 6.90. The summed E-state index contributed by atoms with van der Waals surface area (Å²) in [5, 5.41) is 9.24. The average molecular weight is 618 g/mol. The zero-order valence-electron chi connectivity index (χ0n) is 23.4. The summed E-state index contributed by atoms with van der Waals surface area (Å²) in [6.45, 7) is 3.59. The lowest BCUT2D eigenvalue weighted by Gasteiger charge is -2.15. The van der Waals surface area contributed by atoms with Gasteiger partial charge in [-0.15, -0.1) is 0 Å². The van der Waals surface area contributed by atoms with E-state index in [1.54, 1.807) is 37.0 Å². The van der Waals surface area contributed by atoms with E-state index in [1.807, 2.05) is 52.8 Å². The third-order valence-corrected chi connectivity index (χ3v) is 8.08. The molecule has 43 heavy (non-hydrogen) atoms. The van der Waals surface area contributed by atoms with Crippen LogP contribution in [0.15, 0.2) is 84.1 Å². The number of fused-ring (bicyclic) bond motifs is 1. The highest BCUT2D eigenvalue weighted by atomic mass is 35.5. The minimum atomic E-state index is -1.20. The Bertz CT molecular complexity index is 1840. The fourth-order valence-electron chi connectivity index (χ4n) is 4.78. The first-order valence-electron chi connectivity index (χ1n) is 13.4. The van der Waals surface area contributed by atoms with Gasteiger partial charge in [0, 0.05) is 53.9 Å². The normalized spacial score (nSPS) is 13.3. The average Bonchev–Trinajstić information content (AvgIpc) is 3.69. The number of nitrogens with zero attached hydrogens (tertiary/aromatic N) is 5. The maximum absolute atomic E-state index is 13.0. The Morgan fingerprint density at radius 2 is 1.72 bits per heavy atom. The molecular formula is C31H28ClN5O5S. The van der Waals surface area contributed by atoms with Crippen LogP contribution in [-0.4, -0.2) is 65.1 Å². The van der Waals surface area contributed by atoms with E-state index in [4.69, 9.17) is 21.8 Å². The van der Waals surface area contributed by atoms with Crippen LogP contribution in [0.3, 0.4) is 0 Å². The Balaban J connectivity index is 0.000000283. The molecule has 1 fully saturated rings. The molecule has 4 heterocycles. The van der Waals surface area contributed by atoms with Crippen molar-refractivity contribution >= 4 is 45.2 Å². The molecule has 2 aromatic carbocycles. The summed E-state index contributed by atoms with van der Waals surface area (Å²) in [6, 6.07) is 17.4. The van der Waals surface area contributed by atoms with Crippen molar-refractivity contribution in [2.45, 2.75) is 24.7 Å². The van der Waals surface area contributed by atoms with Gasteiger partial charge < -0.3 is 4.90 Å². The summed E-state index contributed by atoms with van der Waals surface area (Å²) in [4.78, 5) is 43.3. The van der Waals surface area contributed by atoms with Crippen LogP contribution in [0.25, 0.3) is 28.2 Å². The lowest BCUT2D eigenvalue weighted by Crippen LogP contribution is -2.27. The summed E-state index contributed by atoms with van der Waals surface area (Å²) in [5.74, 6) is -0.347. The number of hydrogen-bond donors (Lipinski definition) is 1. The van der Waals surface area contributed by atoms with Crippen molar-refractivity contribution in [2.75, 3.05) is 19.3 Å². The van der Waals surface area contributed by atoms with E-state index in [-0.39, 0.29) is 11.5 Å². The second kappa shape index (κ2) is 13.2. The topological polar surface area (TPSA) is 128 Å². The molecule has 10 nitrogen and oxygen atoms in total. The summed E-state index contributed by atoms with van der Waals surface area (Å²) in [7, 11) is -1.20. The summed E-state index contributed by atoms with van der Waals surface area (Å²) in [5.41, 5.74) is 4.15. The highest BCUT2D eigenvalue weighted by Crippen LogP contribution is 2.28. The lowest BCUT2D eigenvalue weighted by atomic mass is 10.1. The van der Waals surface area contributed by atoms with Gasteiger partial charge in [-0.2, -0.15) is 5.26 Å². The first-order chi connectivity index (χ1) is 20.7. The Hall–Kier alpha value is -4.45. The number of likely N-dealkylation sites (tertiary alicyclic amines) is 1. The van der Waals surface area contributed by atoms with Gasteiger partial charge in [-0.05, 0) is 73.9 Å². The molecule has 0 spiro atoms. The zero-order chi connectivity index (χ0) is 30.5. The van der Waals surface area contributed by atoms with E-state index >= 15 is 0 Å². The largest absolute Gasteiger partial charge is 0.372 e. The second-order valence-corrected chi connectivity index (χ2v) is 11.7. The van der Waals surface area contributed by atoms with E-state index in [9.17, 15) is 13.8 Å². The van der Waals surface area contributed by atoms with Crippen LogP contribution in [-0.2, 0) is 15.7 Å². The number of pyridine rings is 1. The van der Waals surface area contributed by atoms with Crippen LogP contribution in [0.2, 0.25) is 5.02 Å². The standard InChI is InChI=1S/C24H23N5O2S.C7H5ClO3/c1-16-7-9-25-20(13-16)19-8-10-26-24(27-19)29-15-22(32(2)31)18-6-5-17(14-21(18)29)23(30)28-11-3-4-12-28;8-6-3-1-2-5(4-6)7(9)11-10/h5-10,13-15H,3-4,11-12H2,1-2H3;1-4,10H/t32-;/m0./s1. The summed E-state index contributed by atoms with van der Waals surface area (Å²) < 4.78 is 14.2. The minimum absolute atomic E-state index is 0.0231. The summed E-state index contributed by atoms with van der Waals surface area (Å²) in [6.07, 6.45) is 8.97. The van der Waals surface area contributed by atoms with E-state index in [1.165, 1.54) is 12.1 Å². The molecule has 0 radical (unpaired) electrons. The van der Waals surface area contributed by atoms with Crippen LogP contribution in [0.1, 0.15) is 39.1 Å². The van der Waals surface area contributed by atoms with E-state index in [0.717, 1.165) is 48.1 Å². The number of rotatable bonds is 5. The maximum atomic E-state index is 13.0. The smallest absolute Gasteiger partial charge is 0.339 e. The van der Waals surface area contributed by atoms with E-state index < -0.39 is 16.8 Å². The molecule has 3 aromatic heterocycles. The molecule has 1 aliphatic heterocycles. The van der Waals surface area contributed by atoms with Gasteiger partial charge >= 0.3 is 5.97 Å². The first kappa shape index (κ1) is 30.0. The number of carbonyl (C=O) groups excluding carboxylic acids is 2. The molecule has 1 aliphatic rings. The summed E-state index contributed by atoms with van der Waals surface area (Å²) >= 11 is 5.56. The molecule has 5 aromatic rings. The predicted octanol–water partition coefficient (Wildman–Crippen LogP) is 5.73. The molecular weight excluding hydrogens is 590 g/mol. The molecule has 1 atom stereocenters. The van der Waals surface area contributed by atoms with Gasteiger partial charge in [-0.3, -0.25) is 23.4 Å². The van der Waals surface area contributed by atoms with Crippen molar-refractivity contribution in [2.24, 2.45) is 0 Å².